The Balaban J connectivity index is 1.81. The van der Waals surface area contributed by atoms with Gasteiger partial charge >= 0.3 is 0 Å². The van der Waals surface area contributed by atoms with E-state index in [-0.39, 0.29) is 11.8 Å². The summed E-state index contributed by atoms with van der Waals surface area (Å²) in [6.45, 7) is 0.515. The van der Waals surface area contributed by atoms with Gasteiger partial charge in [-0.3, -0.25) is 4.79 Å². The first kappa shape index (κ1) is 15.8. The third-order valence-corrected chi connectivity index (χ3v) is 4.08. The number of carbonyl (C=O) groups is 1. The fourth-order valence-corrected chi connectivity index (χ4v) is 2.79. The van der Waals surface area contributed by atoms with Crippen LogP contribution in [0.25, 0.3) is 0 Å². The molecule has 0 unspecified atom stereocenters. The van der Waals surface area contributed by atoms with Crippen LogP contribution in [0.15, 0.2) is 84.9 Å². The highest BCUT2D eigenvalue weighted by atomic mass is 16.1. The molecular weight excluding hydrogens is 296 g/mol. The standard InChI is InChI=1S/C21H20N2O/c22-20-14-8-7-13-18(20)21(24)23-15-19(16-9-3-1-4-10-16)17-11-5-2-6-12-17/h1-14,19H,15,22H2,(H,23,24). The van der Waals surface area contributed by atoms with Gasteiger partial charge in [-0.05, 0) is 23.3 Å². The second-order valence-corrected chi connectivity index (χ2v) is 5.67. The van der Waals surface area contributed by atoms with E-state index in [0.29, 0.717) is 17.8 Å². The Kier molecular flexibility index (Phi) is 4.92. The van der Waals surface area contributed by atoms with E-state index in [1.165, 1.54) is 11.1 Å². The maximum atomic E-state index is 12.4. The number of amides is 1. The van der Waals surface area contributed by atoms with E-state index < -0.39 is 0 Å². The summed E-state index contributed by atoms with van der Waals surface area (Å²) in [5.41, 5.74) is 9.24. The SMILES string of the molecule is Nc1ccccc1C(=O)NCC(c1ccccc1)c1ccccc1. The Bertz CT molecular complexity index is 761. The molecular formula is C21H20N2O. The summed E-state index contributed by atoms with van der Waals surface area (Å²) >= 11 is 0. The van der Waals surface area contributed by atoms with Gasteiger partial charge in [0.1, 0.15) is 0 Å². The van der Waals surface area contributed by atoms with E-state index >= 15 is 0 Å². The molecule has 0 heterocycles. The molecule has 0 radical (unpaired) electrons. The molecule has 3 rings (SSSR count). The second-order valence-electron chi connectivity index (χ2n) is 5.67. The normalized spacial score (nSPS) is 10.5. The van der Waals surface area contributed by atoms with Crippen molar-refractivity contribution in [3.8, 4) is 0 Å². The third-order valence-electron chi connectivity index (χ3n) is 4.08. The highest BCUT2D eigenvalue weighted by Crippen LogP contribution is 2.24. The van der Waals surface area contributed by atoms with E-state index in [0.717, 1.165) is 0 Å². The van der Waals surface area contributed by atoms with Crippen LogP contribution in [0.5, 0.6) is 0 Å². The third kappa shape index (κ3) is 3.63. The van der Waals surface area contributed by atoms with Crippen LogP contribution < -0.4 is 11.1 Å². The minimum absolute atomic E-state index is 0.0984. The van der Waals surface area contributed by atoms with Crippen LogP contribution in [-0.4, -0.2) is 12.5 Å². The smallest absolute Gasteiger partial charge is 0.253 e. The Morgan fingerprint density at radius 2 is 1.29 bits per heavy atom. The first-order valence-electron chi connectivity index (χ1n) is 7.98. The zero-order valence-corrected chi connectivity index (χ0v) is 13.4. The lowest BCUT2D eigenvalue weighted by molar-refractivity contribution is 0.0953. The van der Waals surface area contributed by atoms with Gasteiger partial charge in [0, 0.05) is 18.2 Å². The molecule has 0 spiro atoms. The van der Waals surface area contributed by atoms with Gasteiger partial charge in [-0.2, -0.15) is 0 Å². The summed E-state index contributed by atoms with van der Waals surface area (Å²) in [6, 6.07) is 27.5. The van der Waals surface area contributed by atoms with E-state index in [1.807, 2.05) is 48.5 Å². The average molecular weight is 316 g/mol. The van der Waals surface area contributed by atoms with Crippen molar-refractivity contribution in [2.24, 2.45) is 0 Å². The summed E-state index contributed by atoms with van der Waals surface area (Å²) in [4.78, 5) is 12.4. The average Bonchev–Trinajstić information content (AvgIpc) is 2.64. The number of rotatable bonds is 5. The van der Waals surface area contributed by atoms with Gasteiger partial charge in [0.2, 0.25) is 0 Å². The molecule has 24 heavy (non-hydrogen) atoms. The van der Waals surface area contributed by atoms with E-state index in [1.54, 1.807) is 12.1 Å². The molecule has 3 nitrogen and oxygen atoms in total. The number of hydrogen-bond acceptors (Lipinski definition) is 2. The predicted octanol–water partition coefficient (Wildman–Crippen LogP) is 3.83. The molecule has 3 N–H and O–H groups in total. The Hall–Kier alpha value is -3.07. The molecule has 0 aromatic heterocycles. The molecule has 3 aromatic carbocycles. The maximum absolute atomic E-state index is 12.4. The van der Waals surface area contributed by atoms with Crippen LogP contribution in [0.3, 0.4) is 0 Å². The van der Waals surface area contributed by atoms with Crippen LogP contribution in [0.1, 0.15) is 27.4 Å². The second kappa shape index (κ2) is 7.47. The monoisotopic (exact) mass is 316 g/mol. The van der Waals surface area contributed by atoms with E-state index in [9.17, 15) is 4.79 Å². The number of benzene rings is 3. The van der Waals surface area contributed by atoms with Crippen LogP contribution in [0.4, 0.5) is 5.69 Å². The summed E-state index contributed by atoms with van der Waals surface area (Å²) in [7, 11) is 0. The number of carbonyl (C=O) groups excluding carboxylic acids is 1. The zero-order chi connectivity index (χ0) is 16.8. The lowest BCUT2D eigenvalue weighted by atomic mass is 9.91. The molecule has 0 atom stereocenters. The molecule has 0 fully saturated rings. The van der Waals surface area contributed by atoms with Gasteiger partial charge < -0.3 is 11.1 Å². The first-order valence-corrected chi connectivity index (χ1v) is 7.98. The van der Waals surface area contributed by atoms with Crippen LogP contribution in [0.2, 0.25) is 0 Å². The summed E-state index contributed by atoms with van der Waals surface area (Å²) < 4.78 is 0. The number of nitrogens with two attached hydrogens (primary N) is 1. The van der Waals surface area contributed by atoms with Crippen molar-refractivity contribution in [2.45, 2.75) is 5.92 Å². The summed E-state index contributed by atoms with van der Waals surface area (Å²) in [5.74, 6) is -0.0498. The number of hydrogen-bond donors (Lipinski definition) is 2. The molecule has 0 aliphatic heterocycles. The number of nitrogen functional groups attached to an aromatic ring is 1. The van der Waals surface area contributed by atoms with Crippen LogP contribution in [-0.2, 0) is 0 Å². The van der Waals surface area contributed by atoms with Crippen LogP contribution >= 0.6 is 0 Å². The molecule has 0 aliphatic rings. The van der Waals surface area contributed by atoms with Crippen molar-refractivity contribution in [1.29, 1.82) is 0 Å². The highest BCUT2D eigenvalue weighted by molar-refractivity contribution is 5.99. The number of para-hydroxylation sites is 1. The van der Waals surface area contributed by atoms with Gasteiger partial charge in [0.15, 0.2) is 0 Å². The topological polar surface area (TPSA) is 55.1 Å². The fourth-order valence-electron chi connectivity index (χ4n) is 2.79. The molecule has 3 aromatic rings. The number of nitrogens with one attached hydrogen (secondary N) is 1. The van der Waals surface area contributed by atoms with Gasteiger partial charge in [-0.1, -0.05) is 72.8 Å². The molecule has 0 aliphatic carbocycles. The van der Waals surface area contributed by atoms with E-state index in [2.05, 4.69) is 29.6 Å². The molecule has 0 saturated heterocycles. The number of anilines is 1. The quantitative estimate of drug-likeness (QED) is 0.703. The summed E-state index contributed by atoms with van der Waals surface area (Å²) in [6.07, 6.45) is 0. The summed E-state index contributed by atoms with van der Waals surface area (Å²) in [5, 5.41) is 3.02. The first-order chi connectivity index (χ1) is 11.8. The zero-order valence-electron chi connectivity index (χ0n) is 13.4. The van der Waals surface area contributed by atoms with Gasteiger partial charge in [-0.25, -0.2) is 0 Å². The van der Waals surface area contributed by atoms with Crippen molar-refractivity contribution < 1.29 is 4.79 Å². The Labute approximate surface area is 142 Å². The molecule has 3 heteroatoms. The van der Waals surface area contributed by atoms with Gasteiger partial charge in [0.05, 0.1) is 5.56 Å². The van der Waals surface area contributed by atoms with Gasteiger partial charge in [-0.15, -0.1) is 0 Å². The Morgan fingerprint density at radius 1 is 0.792 bits per heavy atom. The molecule has 1 amide bonds. The fraction of sp³-hybridized carbons (Fsp3) is 0.0952. The van der Waals surface area contributed by atoms with Crippen LogP contribution in [0, 0.1) is 0 Å². The minimum Gasteiger partial charge on any atom is -0.398 e. The minimum atomic E-state index is -0.148. The van der Waals surface area contributed by atoms with Crippen molar-refractivity contribution in [3.05, 3.63) is 102 Å². The lowest BCUT2D eigenvalue weighted by Crippen LogP contribution is -2.29. The van der Waals surface area contributed by atoms with Crippen molar-refractivity contribution in [1.82, 2.24) is 5.32 Å². The Morgan fingerprint density at radius 3 is 1.83 bits per heavy atom. The maximum Gasteiger partial charge on any atom is 0.253 e. The molecule has 120 valence electrons. The lowest BCUT2D eigenvalue weighted by Gasteiger charge is -2.19. The largest absolute Gasteiger partial charge is 0.398 e. The highest BCUT2D eigenvalue weighted by Gasteiger charge is 2.16. The van der Waals surface area contributed by atoms with Crippen molar-refractivity contribution >= 4 is 11.6 Å². The van der Waals surface area contributed by atoms with Crippen molar-refractivity contribution in [2.75, 3.05) is 12.3 Å². The van der Waals surface area contributed by atoms with Crippen molar-refractivity contribution in [3.63, 3.8) is 0 Å². The molecule has 0 saturated carbocycles. The van der Waals surface area contributed by atoms with E-state index in [4.69, 9.17) is 5.73 Å². The van der Waals surface area contributed by atoms with Gasteiger partial charge in [0.25, 0.3) is 5.91 Å². The molecule has 0 bridgehead atoms. The predicted molar refractivity (Wildman–Crippen MR) is 97.9 cm³/mol.